The highest BCUT2D eigenvalue weighted by Crippen LogP contribution is 2.27. The van der Waals surface area contributed by atoms with Crippen molar-refractivity contribution in [2.24, 2.45) is 0 Å². The van der Waals surface area contributed by atoms with E-state index in [0.717, 1.165) is 16.6 Å². The van der Waals surface area contributed by atoms with E-state index < -0.39 is 11.6 Å². The minimum absolute atomic E-state index is 0.278. The second-order valence-corrected chi connectivity index (χ2v) is 4.70. The van der Waals surface area contributed by atoms with Crippen molar-refractivity contribution < 1.29 is 8.78 Å². The van der Waals surface area contributed by atoms with Gasteiger partial charge in [-0.2, -0.15) is 0 Å². The van der Waals surface area contributed by atoms with Gasteiger partial charge in [0.1, 0.15) is 11.6 Å². The summed E-state index contributed by atoms with van der Waals surface area (Å²) in [4.78, 5) is 0.877. The van der Waals surface area contributed by atoms with Crippen LogP contribution in [-0.4, -0.2) is 16.1 Å². The zero-order valence-electron chi connectivity index (χ0n) is 10.1. The molecular formula is C12H13F2N3S. The quantitative estimate of drug-likeness (QED) is 0.927. The number of nitrogens with one attached hydrogen (secondary N) is 1. The monoisotopic (exact) mass is 269 g/mol. The van der Waals surface area contributed by atoms with Crippen LogP contribution in [0.3, 0.4) is 0 Å². The zero-order chi connectivity index (χ0) is 13.1. The van der Waals surface area contributed by atoms with Gasteiger partial charge in [0.2, 0.25) is 0 Å². The first kappa shape index (κ1) is 13.0. The summed E-state index contributed by atoms with van der Waals surface area (Å²) < 4.78 is 30.4. The van der Waals surface area contributed by atoms with Gasteiger partial charge < -0.3 is 5.32 Å². The maximum Gasteiger partial charge on any atom is 0.126 e. The second kappa shape index (κ2) is 5.49. The van der Waals surface area contributed by atoms with E-state index in [1.165, 1.54) is 23.7 Å². The third-order valence-electron chi connectivity index (χ3n) is 2.58. The van der Waals surface area contributed by atoms with Crippen LogP contribution in [0.1, 0.15) is 29.1 Å². The average Bonchev–Trinajstić information content (AvgIpc) is 2.71. The summed E-state index contributed by atoms with van der Waals surface area (Å²) in [5.41, 5.74) is 1.32. The molecule has 0 amide bonds. The molecule has 6 heteroatoms. The molecule has 1 N–H and O–H groups in total. The maximum absolute atomic E-state index is 13.3. The van der Waals surface area contributed by atoms with Crippen molar-refractivity contribution in [3.8, 4) is 0 Å². The van der Waals surface area contributed by atoms with Gasteiger partial charge in [0.15, 0.2) is 0 Å². The Morgan fingerprint density at radius 2 is 1.94 bits per heavy atom. The van der Waals surface area contributed by atoms with Crippen molar-refractivity contribution in [2.45, 2.75) is 19.9 Å². The van der Waals surface area contributed by atoms with E-state index in [0.29, 0.717) is 12.1 Å². The van der Waals surface area contributed by atoms with Crippen LogP contribution in [-0.2, 0) is 0 Å². The van der Waals surface area contributed by atoms with Gasteiger partial charge in [0.05, 0.1) is 16.6 Å². The van der Waals surface area contributed by atoms with Crippen LogP contribution in [0.2, 0.25) is 0 Å². The summed E-state index contributed by atoms with van der Waals surface area (Å²) >= 11 is 1.24. The number of hydrogen-bond acceptors (Lipinski definition) is 4. The third kappa shape index (κ3) is 2.70. The van der Waals surface area contributed by atoms with E-state index in [4.69, 9.17) is 0 Å². The van der Waals surface area contributed by atoms with Crippen molar-refractivity contribution in [1.82, 2.24) is 14.9 Å². The molecule has 1 aromatic carbocycles. The van der Waals surface area contributed by atoms with Crippen molar-refractivity contribution in [3.05, 3.63) is 46.0 Å². The standard InChI is InChI=1S/C12H13F2N3S/c1-3-15-11(12-7(2)16-17-18-12)8-4-9(13)6-10(14)5-8/h4-6,11,15H,3H2,1-2H3. The first-order valence-corrected chi connectivity index (χ1v) is 6.37. The van der Waals surface area contributed by atoms with Gasteiger partial charge in [-0.1, -0.05) is 11.4 Å². The number of hydrogen-bond donors (Lipinski definition) is 1. The average molecular weight is 269 g/mol. The van der Waals surface area contributed by atoms with Gasteiger partial charge >= 0.3 is 0 Å². The molecule has 1 atom stereocenters. The maximum atomic E-state index is 13.3. The number of aromatic nitrogens is 2. The van der Waals surface area contributed by atoms with Gasteiger partial charge in [-0.05, 0) is 42.7 Å². The lowest BCUT2D eigenvalue weighted by molar-refractivity contribution is 0.566. The van der Waals surface area contributed by atoms with E-state index in [9.17, 15) is 8.78 Å². The highest BCUT2D eigenvalue weighted by molar-refractivity contribution is 7.05. The molecule has 3 nitrogen and oxygen atoms in total. The van der Waals surface area contributed by atoms with Gasteiger partial charge in [-0.15, -0.1) is 5.10 Å². The van der Waals surface area contributed by atoms with Crippen molar-refractivity contribution in [3.63, 3.8) is 0 Å². The molecule has 18 heavy (non-hydrogen) atoms. The van der Waals surface area contributed by atoms with Crippen LogP contribution in [0.4, 0.5) is 8.78 Å². The van der Waals surface area contributed by atoms with Crippen LogP contribution in [0, 0.1) is 18.6 Å². The molecule has 1 heterocycles. The van der Waals surface area contributed by atoms with Crippen LogP contribution in [0.15, 0.2) is 18.2 Å². The molecule has 0 aliphatic rings. The van der Waals surface area contributed by atoms with Crippen molar-refractivity contribution in [1.29, 1.82) is 0 Å². The fourth-order valence-electron chi connectivity index (χ4n) is 1.81. The molecule has 0 saturated heterocycles. The lowest BCUT2D eigenvalue weighted by Gasteiger charge is -2.17. The molecule has 1 aromatic heterocycles. The van der Waals surface area contributed by atoms with Crippen molar-refractivity contribution in [2.75, 3.05) is 6.54 Å². The molecule has 96 valence electrons. The van der Waals surface area contributed by atoms with E-state index in [2.05, 4.69) is 14.9 Å². The summed E-state index contributed by atoms with van der Waals surface area (Å²) in [5.74, 6) is -1.16. The topological polar surface area (TPSA) is 37.8 Å². The van der Waals surface area contributed by atoms with E-state index in [1.54, 1.807) is 0 Å². The van der Waals surface area contributed by atoms with E-state index in [1.807, 2.05) is 13.8 Å². The van der Waals surface area contributed by atoms with Crippen LogP contribution in [0.25, 0.3) is 0 Å². The summed E-state index contributed by atoms with van der Waals surface area (Å²) in [6.07, 6.45) is 0. The Bertz CT molecular complexity index is 522. The predicted molar refractivity (Wildman–Crippen MR) is 66.5 cm³/mol. The Balaban J connectivity index is 2.44. The van der Waals surface area contributed by atoms with Crippen LogP contribution < -0.4 is 5.32 Å². The predicted octanol–water partition coefficient (Wildman–Crippen LogP) is 2.82. The number of nitrogens with zero attached hydrogens (tertiary/aromatic N) is 2. The van der Waals surface area contributed by atoms with Crippen molar-refractivity contribution >= 4 is 11.5 Å². The number of aryl methyl sites for hydroxylation is 1. The van der Waals surface area contributed by atoms with Crippen LogP contribution in [0.5, 0.6) is 0 Å². The molecular weight excluding hydrogens is 256 g/mol. The summed E-state index contributed by atoms with van der Waals surface area (Å²) in [6.45, 7) is 4.45. The Hall–Kier alpha value is -1.40. The molecule has 2 aromatic rings. The minimum Gasteiger partial charge on any atom is -0.306 e. The molecule has 0 fully saturated rings. The van der Waals surface area contributed by atoms with Crippen LogP contribution >= 0.6 is 11.5 Å². The normalized spacial score (nSPS) is 12.7. The molecule has 0 aliphatic heterocycles. The number of benzene rings is 1. The van der Waals surface area contributed by atoms with E-state index >= 15 is 0 Å². The summed E-state index contributed by atoms with van der Waals surface area (Å²) in [5, 5.41) is 7.12. The molecule has 0 spiro atoms. The zero-order valence-corrected chi connectivity index (χ0v) is 10.9. The van der Waals surface area contributed by atoms with Gasteiger partial charge in [0.25, 0.3) is 0 Å². The molecule has 0 radical (unpaired) electrons. The fourth-order valence-corrected chi connectivity index (χ4v) is 2.56. The summed E-state index contributed by atoms with van der Waals surface area (Å²) in [7, 11) is 0. The minimum atomic E-state index is -0.581. The smallest absolute Gasteiger partial charge is 0.126 e. The molecule has 1 unspecified atom stereocenters. The van der Waals surface area contributed by atoms with Gasteiger partial charge in [-0.25, -0.2) is 8.78 Å². The second-order valence-electron chi connectivity index (χ2n) is 3.92. The molecule has 0 bridgehead atoms. The highest BCUT2D eigenvalue weighted by atomic mass is 32.1. The lowest BCUT2D eigenvalue weighted by Crippen LogP contribution is -2.22. The molecule has 2 rings (SSSR count). The van der Waals surface area contributed by atoms with Gasteiger partial charge in [0, 0.05) is 6.07 Å². The Morgan fingerprint density at radius 1 is 1.28 bits per heavy atom. The first-order chi connectivity index (χ1) is 8.61. The fraction of sp³-hybridized carbons (Fsp3) is 0.333. The molecule has 0 aliphatic carbocycles. The highest BCUT2D eigenvalue weighted by Gasteiger charge is 2.19. The number of halogens is 2. The SMILES string of the molecule is CCNC(c1cc(F)cc(F)c1)c1snnc1C. The number of rotatable bonds is 4. The third-order valence-corrected chi connectivity index (χ3v) is 3.47. The molecule has 0 saturated carbocycles. The first-order valence-electron chi connectivity index (χ1n) is 5.60. The summed E-state index contributed by atoms with van der Waals surface area (Å²) in [6, 6.07) is 3.25. The lowest BCUT2D eigenvalue weighted by atomic mass is 10.0. The Kier molecular flexibility index (Phi) is 3.98. The Morgan fingerprint density at radius 3 is 2.44 bits per heavy atom. The Labute approximate surface area is 108 Å². The van der Waals surface area contributed by atoms with Gasteiger partial charge in [-0.3, -0.25) is 0 Å². The largest absolute Gasteiger partial charge is 0.306 e. The van der Waals surface area contributed by atoms with E-state index in [-0.39, 0.29) is 6.04 Å².